The lowest BCUT2D eigenvalue weighted by molar-refractivity contribution is 1.20. The molecule has 1 aromatic rings. The van der Waals surface area contributed by atoms with Crippen molar-refractivity contribution in [3.05, 3.63) is 33.1 Å². The highest BCUT2D eigenvalue weighted by molar-refractivity contribution is 9.10. The first-order valence-electron chi connectivity index (χ1n) is 3.31. The molecule has 0 unspecified atom stereocenters. The van der Waals surface area contributed by atoms with Crippen LogP contribution in [0.3, 0.4) is 0 Å². The fourth-order valence-corrected chi connectivity index (χ4v) is 1.47. The number of rotatable bonds is 0. The van der Waals surface area contributed by atoms with Gasteiger partial charge in [-0.2, -0.15) is 0 Å². The van der Waals surface area contributed by atoms with Gasteiger partial charge in [0.25, 0.3) is 0 Å². The average molecular weight is 222 g/mol. The predicted molar refractivity (Wildman–Crippen MR) is 48.4 cm³/mol. The Kier molecular flexibility index (Phi) is 1.64. The fraction of sp³-hybridized carbons (Fsp3) is 0. The fourth-order valence-electron chi connectivity index (χ4n) is 1.03. The maximum absolute atomic E-state index is 6.90. The Morgan fingerprint density at radius 3 is 2.92 bits per heavy atom. The number of halogens is 1. The second-order valence-corrected chi connectivity index (χ2v) is 3.17. The molecule has 0 saturated carbocycles. The van der Waals surface area contributed by atoms with Crippen LogP contribution in [0.1, 0.15) is 0 Å². The molecule has 3 nitrogen and oxygen atoms in total. The zero-order chi connectivity index (χ0) is 8.55. The number of pyridine rings is 1. The topological polar surface area (TPSA) is 49.1 Å². The van der Waals surface area contributed by atoms with Gasteiger partial charge in [0.2, 0.25) is 0 Å². The highest BCUT2D eigenvalue weighted by Gasteiger charge is 2.02. The number of allylic oxidation sites excluding steroid dienone is 1. The van der Waals surface area contributed by atoms with E-state index in [1.807, 2.05) is 0 Å². The summed E-state index contributed by atoms with van der Waals surface area (Å²) in [6, 6.07) is 0. The lowest BCUT2D eigenvalue weighted by Crippen LogP contribution is -2.22. The van der Waals surface area contributed by atoms with Gasteiger partial charge in [-0.05, 0) is 22.0 Å². The molecule has 2 heterocycles. The van der Waals surface area contributed by atoms with Crippen LogP contribution >= 0.6 is 15.9 Å². The molecule has 0 atom stereocenters. The van der Waals surface area contributed by atoms with Crippen molar-refractivity contribution >= 4 is 27.9 Å². The first kappa shape index (κ1) is 7.40. The van der Waals surface area contributed by atoms with E-state index in [1.54, 1.807) is 18.5 Å². The van der Waals surface area contributed by atoms with Crippen LogP contribution in [0.25, 0.3) is 6.08 Å². The van der Waals surface area contributed by atoms with Crippen LogP contribution in [0.15, 0.2) is 27.6 Å². The van der Waals surface area contributed by atoms with Crippen molar-refractivity contribution in [1.29, 1.82) is 5.41 Å². The number of aromatic nitrogens is 1. The predicted octanol–water partition coefficient (Wildman–Crippen LogP) is 0.390. The quantitative estimate of drug-likeness (QED) is 0.634. The van der Waals surface area contributed by atoms with Crippen molar-refractivity contribution in [3.63, 3.8) is 0 Å². The van der Waals surface area contributed by atoms with Crippen molar-refractivity contribution < 1.29 is 0 Å². The third-order valence-electron chi connectivity index (χ3n) is 1.57. The largest absolute Gasteiger partial charge is 0.261 e. The lowest BCUT2D eigenvalue weighted by Gasteiger charge is -1.85. The molecule has 0 radical (unpaired) electrons. The Hall–Kier alpha value is -1.25. The first-order valence-corrected chi connectivity index (χ1v) is 4.10. The Balaban J connectivity index is 2.94. The molecule has 1 aliphatic heterocycles. The van der Waals surface area contributed by atoms with E-state index in [0.29, 0.717) is 5.70 Å². The summed E-state index contributed by atoms with van der Waals surface area (Å²) < 4.78 is 0.897. The first-order chi connectivity index (χ1) is 5.81. The third kappa shape index (κ3) is 1.02. The van der Waals surface area contributed by atoms with Gasteiger partial charge in [-0.3, -0.25) is 10.4 Å². The Morgan fingerprint density at radius 2 is 2.25 bits per heavy atom. The van der Waals surface area contributed by atoms with Gasteiger partial charge in [0.15, 0.2) is 0 Å². The molecule has 0 bridgehead atoms. The van der Waals surface area contributed by atoms with Crippen LogP contribution in [0, 0.1) is 5.41 Å². The second kappa shape index (κ2) is 2.66. The third-order valence-corrected chi connectivity index (χ3v) is 2.20. The molecule has 2 rings (SSSR count). The van der Waals surface area contributed by atoms with Gasteiger partial charge in [0, 0.05) is 21.8 Å². The molecule has 0 amide bonds. The molecule has 4 heteroatoms. The summed E-state index contributed by atoms with van der Waals surface area (Å²) in [4.78, 5) is 8.06. The maximum Gasteiger partial charge on any atom is 0.125 e. The van der Waals surface area contributed by atoms with E-state index in [9.17, 15) is 0 Å². The van der Waals surface area contributed by atoms with Crippen molar-refractivity contribution in [2.75, 3.05) is 0 Å². The molecule has 58 valence electrons. The van der Waals surface area contributed by atoms with Crippen molar-refractivity contribution in [3.8, 4) is 0 Å². The van der Waals surface area contributed by atoms with Crippen LogP contribution in [0.5, 0.6) is 0 Å². The molecular weight excluding hydrogens is 218 g/mol. The van der Waals surface area contributed by atoms with E-state index in [4.69, 9.17) is 5.41 Å². The van der Waals surface area contributed by atoms with Gasteiger partial charge >= 0.3 is 0 Å². The minimum atomic E-state index is 0.540. The van der Waals surface area contributed by atoms with E-state index in [2.05, 4.69) is 31.8 Å². The molecule has 0 spiro atoms. The molecule has 0 aliphatic carbocycles. The second-order valence-electron chi connectivity index (χ2n) is 2.32. The molecular formula is C8H4BrN3. The monoisotopic (exact) mass is 221 g/mol. The highest BCUT2D eigenvalue weighted by atomic mass is 79.9. The normalized spacial score (nSPS) is 12.9. The zero-order valence-corrected chi connectivity index (χ0v) is 7.59. The lowest BCUT2D eigenvalue weighted by atomic mass is 10.3. The van der Waals surface area contributed by atoms with E-state index >= 15 is 0 Å². The summed E-state index contributed by atoms with van der Waals surface area (Å²) in [6.07, 6.45) is 5.17. The molecule has 1 N–H and O–H groups in total. The Morgan fingerprint density at radius 1 is 1.42 bits per heavy atom. The Bertz CT molecular complexity index is 498. The summed E-state index contributed by atoms with van der Waals surface area (Å²) in [5.41, 5.74) is 0.540. The van der Waals surface area contributed by atoms with Crippen LogP contribution < -0.4 is 10.6 Å². The summed E-state index contributed by atoms with van der Waals surface area (Å²) in [7, 11) is 0. The SMILES string of the molecule is N=C=C1C=c2c(Br)cncc2=N1. The van der Waals surface area contributed by atoms with Gasteiger partial charge in [0.05, 0.1) is 11.6 Å². The van der Waals surface area contributed by atoms with Gasteiger partial charge < -0.3 is 0 Å². The number of fused-ring (bicyclic) bond motifs is 1. The highest BCUT2D eigenvalue weighted by Crippen LogP contribution is 2.02. The molecule has 12 heavy (non-hydrogen) atoms. The van der Waals surface area contributed by atoms with Gasteiger partial charge in [0.1, 0.15) is 5.70 Å². The van der Waals surface area contributed by atoms with Crippen LogP contribution in [0.2, 0.25) is 0 Å². The summed E-state index contributed by atoms with van der Waals surface area (Å²) in [6.45, 7) is 0. The van der Waals surface area contributed by atoms with Gasteiger partial charge in [-0.25, -0.2) is 4.99 Å². The molecule has 1 aliphatic rings. The van der Waals surface area contributed by atoms with E-state index in [-0.39, 0.29) is 0 Å². The summed E-state index contributed by atoms with van der Waals surface area (Å²) in [5, 5.41) is 8.66. The standard InChI is InChI=1S/C8H4BrN3/c9-7-3-11-4-8-6(7)1-5(2-10)12-8/h1,3-4,10H. The van der Waals surface area contributed by atoms with Crippen LogP contribution in [0.4, 0.5) is 0 Å². The van der Waals surface area contributed by atoms with Gasteiger partial charge in [-0.15, -0.1) is 0 Å². The van der Waals surface area contributed by atoms with Gasteiger partial charge in [-0.1, -0.05) is 0 Å². The van der Waals surface area contributed by atoms with E-state index in [1.165, 1.54) is 0 Å². The summed E-state index contributed by atoms with van der Waals surface area (Å²) in [5.74, 6) is 2.23. The molecule has 0 aromatic carbocycles. The Labute approximate surface area is 76.8 Å². The molecule has 1 aromatic heterocycles. The minimum Gasteiger partial charge on any atom is -0.261 e. The maximum atomic E-state index is 6.90. The molecule has 0 fully saturated rings. The number of nitrogens with zero attached hydrogens (tertiary/aromatic N) is 2. The zero-order valence-electron chi connectivity index (χ0n) is 6.00. The van der Waals surface area contributed by atoms with E-state index in [0.717, 1.165) is 15.0 Å². The van der Waals surface area contributed by atoms with Crippen molar-refractivity contribution in [1.82, 2.24) is 4.98 Å². The van der Waals surface area contributed by atoms with Crippen LogP contribution in [-0.2, 0) is 0 Å². The molecule has 0 saturated heterocycles. The summed E-state index contributed by atoms with van der Waals surface area (Å²) >= 11 is 3.35. The van der Waals surface area contributed by atoms with Crippen molar-refractivity contribution in [2.45, 2.75) is 0 Å². The smallest absolute Gasteiger partial charge is 0.125 e. The number of hydrogen-bond donors (Lipinski definition) is 1. The minimum absolute atomic E-state index is 0.540. The number of nitrogens with one attached hydrogen (secondary N) is 1. The van der Waals surface area contributed by atoms with Crippen LogP contribution in [-0.4, -0.2) is 10.9 Å². The van der Waals surface area contributed by atoms with Crippen molar-refractivity contribution in [2.24, 2.45) is 4.99 Å². The average Bonchev–Trinajstić information content (AvgIpc) is 2.49. The van der Waals surface area contributed by atoms with E-state index < -0.39 is 0 Å². The number of hydrogen-bond acceptors (Lipinski definition) is 3.